The van der Waals surface area contributed by atoms with Gasteiger partial charge < -0.3 is 14.6 Å². The number of esters is 2. The van der Waals surface area contributed by atoms with E-state index in [0.717, 1.165) is 18.6 Å². The SMILES string of the molecule is C[C@H](O)[C@H](C)C/C=C/C(=O)OCCCSC1CCOC1=O. The quantitative estimate of drug-likeness (QED) is 0.398. The molecular weight excluding hydrogens is 292 g/mol. The second-order valence-electron chi connectivity index (χ2n) is 5.19. The summed E-state index contributed by atoms with van der Waals surface area (Å²) >= 11 is 1.56. The molecule has 0 aliphatic carbocycles. The lowest BCUT2D eigenvalue weighted by molar-refractivity contribution is -0.138. The third kappa shape index (κ3) is 7.52. The molecule has 0 aromatic heterocycles. The van der Waals surface area contributed by atoms with Crippen LogP contribution in [0, 0.1) is 5.92 Å². The molecule has 0 radical (unpaired) electrons. The highest BCUT2D eigenvalue weighted by Gasteiger charge is 2.26. The fourth-order valence-electron chi connectivity index (χ4n) is 1.71. The molecule has 1 heterocycles. The van der Waals surface area contributed by atoms with Crippen molar-refractivity contribution < 1.29 is 24.2 Å². The molecule has 1 aliphatic heterocycles. The Labute approximate surface area is 130 Å². The van der Waals surface area contributed by atoms with Gasteiger partial charge in [-0.3, -0.25) is 4.79 Å². The highest BCUT2D eigenvalue weighted by atomic mass is 32.2. The Bertz CT molecular complexity index is 367. The standard InChI is InChI=1S/C15H24O5S/c1-11(12(2)16)5-3-6-14(17)19-8-4-10-21-13-7-9-20-15(13)18/h3,6,11-13,16H,4-5,7-10H2,1-2H3/b6-3+/t11-,12+,13?/m1/s1. The maximum Gasteiger partial charge on any atom is 0.330 e. The number of cyclic esters (lactones) is 1. The number of allylic oxidation sites excluding steroid dienone is 1. The number of thioether (sulfide) groups is 1. The fourth-order valence-corrected chi connectivity index (χ4v) is 2.75. The van der Waals surface area contributed by atoms with E-state index in [-0.39, 0.29) is 29.2 Å². The Morgan fingerprint density at radius 2 is 2.33 bits per heavy atom. The summed E-state index contributed by atoms with van der Waals surface area (Å²) in [6.45, 7) is 4.52. The molecule has 0 spiro atoms. The summed E-state index contributed by atoms with van der Waals surface area (Å²) in [4.78, 5) is 22.6. The van der Waals surface area contributed by atoms with E-state index in [2.05, 4.69) is 0 Å². The largest absolute Gasteiger partial charge is 0.465 e. The van der Waals surface area contributed by atoms with E-state index in [1.807, 2.05) is 6.92 Å². The molecular formula is C15H24O5S. The van der Waals surface area contributed by atoms with E-state index < -0.39 is 0 Å². The van der Waals surface area contributed by atoms with Gasteiger partial charge in [-0.1, -0.05) is 13.0 Å². The average molecular weight is 316 g/mol. The van der Waals surface area contributed by atoms with Crippen molar-refractivity contribution in [2.24, 2.45) is 5.92 Å². The number of ether oxygens (including phenoxy) is 2. The van der Waals surface area contributed by atoms with Crippen LogP contribution in [0.3, 0.4) is 0 Å². The van der Waals surface area contributed by atoms with Gasteiger partial charge in [0.25, 0.3) is 0 Å². The topological polar surface area (TPSA) is 72.8 Å². The molecule has 1 rings (SSSR count). The summed E-state index contributed by atoms with van der Waals surface area (Å²) < 4.78 is 9.93. The first-order valence-corrected chi connectivity index (χ1v) is 8.35. The first-order chi connectivity index (χ1) is 10.0. The number of carbonyl (C=O) groups excluding carboxylic acids is 2. The molecule has 3 atom stereocenters. The second kappa shape index (κ2) is 9.84. The van der Waals surface area contributed by atoms with Crippen LogP contribution in [-0.4, -0.2) is 47.4 Å². The minimum atomic E-state index is -0.384. The summed E-state index contributed by atoms with van der Waals surface area (Å²) in [6, 6.07) is 0. The van der Waals surface area contributed by atoms with Crippen LogP contribution in [0.4, 0.5) is 0 Å². The van der Waals surface area contributed by atoms with Gasteiger partial charge in [0.15, 0.2) is 0 Å². The highest BCUT2D eigenvalue weighted by molar-refractivity contribution is 8.00. The summed E-state index contributed by atoms with van der Waals surface area (Å²) in [5.41, 5.74) is 0. The molecule has 0 aromatic rings. The van der Waals surface area contributed by atoms with Crippen molar-refractivity contribution >= 4 is 23.7 Å². The minimum Gasteiger partial charge on any atom is -0.465 e. The number of aliphatic hydroxyl groups excluding tert-OH is 1. The zero-order chi connectivity index (χ0) is 15.7. The van der Waals surface area contributed by atoms with E-state index in [0.29, 0.717) is 19.6 Å². The monoisotopic (exact) mass is 316 g/mol. The van der Waals surface area contributed by atoms with Crippen LogP contribution in [0.25, 0.3) is 0 Å². The van der Waals surface area contributed by atoms with Crippen molar-refractivity contribution in [2.75, 3.05) is 19.0 Å². The van der Waals surface area contributed by atoms with Crippen LogP contribution in [0.5, 0.6) is 0 Å². The van der Waals surface area contributed by atoms with Crippen LogP contribution < -0.4 is 0 Å². The normalized spacial score (nSPS) is 21.3. The zero-order valence-corrected chi connectivity index (χ0v) is 13.4. The molecule has 1 unspecified atom stereocenters. The first-order valence-electron chi connectivity index (χ1n) is 7.30. The van der Waals surface area contributed by atoms with E-state index in [1.54, 1.807) is 24.8 Å². The van der Waals surface area contributed by atoms with Crippen molar-refractivity contribution in [3.05, 3.63) is 12.2 Å². The van der Waals surface area contributed by atoms with Gasteiger partial charge in [0, 0.05) is 12.5 Å². The van der Waals surface area contributed by atoms with Crippen LogP contribution in [0.2, 0.25) is 0 Å². The predicted octanol–water partition coefficient (Wildman–Crippen LogP) is 1.93. The molecule has 5 nitrogen and oxygen atoms in total. The Balaban J connectivity index is 2.03. The minimum absolute atomic E-state index is 0.0532. The lowest BCUT2D eigenvalue weighted by Gasteiger charge is -2.10. The van der Waals surface area contributed by atoms with Gasteiger partial charge in [0.2, 0.25) is 0 Å². The van der Waals surface area contributed by atoms with Crippen molar-refractivity contribution in [1.29, 1.82) is 0 Å². The molecule has 1 N–H and O–H groups in total. The molecule has 0 amide bonds. The molecule has 6 heteroatoms. The third-order valence-corrected chi connectivity index (χ3v) is 4.68. The predicted molar refractivity (Wildman–Crippen MR) is 82.0 cm³/mol. The smallest absolute Gasteiger partial charge is 0.330 e. The fraction of sp³-hybridized carbons (Fsp3) is 0.733. The van der Waals surface area contributed by atoms with Gasteiger partial charge in [-0.25, -0.2) is 4.79 Å². The highest BCUT2D eigenvalue weighted by Crippen LogP contribution is 2.22. The Kier molecular flexibility index (Phi) is 8.45. The van der Waals surface area contributed by atoms with Gasteiger partial charge in [0.05, 0.1) is 19.3 Å². The maximum atomic E-state index is 11.4. The lowest BCUT2D eigenvalue weighted by Crippen LogP contribution is -2.12. The molecule has 1 saturated heterocycles. The van der Waals surface area contributed by atoms with Crippen molar-refractivity contribution in [3.8, 4) is 0 Å². The molecule has 1 fully saturated rings. The Morgan fingerprint density at radius 1 is 1.57 bits per heavy atom. The van der Waals surface area contributed by atoms with E-state index >= 15 is 0 Å². The van der Waals surface area contributed by atoms with Crippen LogP contribution in [-0.2, 0) is 19.1 Å². The second-order valence-corrected chi connectivity index (χ2v) is 6.50. The Morgan fingerprint density at radius 3 is 2.95 bits per heavy atom. The molecule has 0 aromatic carbocycles. The van der Waals surface area contributed by atoms with Crippen molar-refractivity contribution in [3.63, 3.8) is 0 Å². The van der Waals surface area contributed by atoms with Crippen molar-refractivity contribution in [2.45, 2.75) is 44.5 Å². The van der Waals surface area contributed by atoms with Gasteiger partial charge in [0.1, 0.15) is 5.25 Å². The summed E-state index contributed by atoms with van der Waals surface area (Å²) in [5, 5.41) is 9.26. The van der Waals surface area contributed by atoms with Crippen LogP contribution in [0.15, 0.2) is 12.2 Å². The lowest BCUT2D eigenvalue weighted by atomic mass is 10.0. The zero-order valence-electron chi connectivity index (χ0n) is 12.6. The van der Waals surface area contributed by atoms with Crippen LogP contribution >= 0.6 is 11.8 Å². The van der Waals surface area contributed by atoms with Gasteiger partial charge >= 0.3 is 11.9 Å². The summed E-state index contributed by atoms with van der Waals surface area (Å²) in [5.74, 6) is 0.400. The molecule has 1 aliphatic rings. The third-order valence-electron chi connectivity index (χ3n) is 3.32. The number of aliphatic hydroxyl groups is 1. The van der Waals surface area contributed by atoms with Gasteiger partial charge in [-0.15, -0.1) is 11.8 Å². The summed E-state index contributed by atoms with van der Waals surface area (Å²) in [7, 11) is 0. The molecule has 21 heavy (non-hydrogen) atoms. The Hall–Kier alpha value is -1.01. The van der Waals surface area contributed by atoms with Crippen LogP contribution in [0.1, 0.15) is 33.1 Å². The van der Waals surface area contributed by atoms with Gasteiger partial charge in [-0.05, 0) is 31.4 Å². The average Bonchev–Trinajstić information content (AvgIpc) is 2.83. The number of rotatable bonds is 9. The van der Waals surface area contributed by atoms with E-state index in [4.69, 9.17) is 9.47 Å². The van der Waals surface area contributed by atoms with Crippen molar-refractivity contribution in [1.82, 2.24) is 0 Å². The summed E-state index contributed by atoms with van der Waals surface area (Å²) in [6.07, 6.45) is 4.88. The van der Waals surface area contributed by atoms with Gasteiger partial charge in [-0.2, -0.15) is 0 Å². The number of hydrogen-bond acceptors (Lipinski definition) is 6. The maximum absolute atomic E-state index is 11.4. The number of hydrogen-bond donors (Lipinski definition) is 1. The van der Waals surface area contributed by atoms with E-state index in [9.17, 15) is 14.7 Å². The molecule has 120 valence electrons. The molecule has 0 saturated carbocycles. The van der Waals surface area contributed by atoms with E-state index in [1.165, 1.54) is 6.08 Å². The first kappa shape index (κ1) is 18.0. The molecule has 0 bridgehead atoms. The number of carbonyl (C=O) groups is 2.